The van der Waals surface area contributed by atoms with Crippen molar-refractivity contribution in [1.82, 2.24) is 14.9 Å². The van der Waals surface area contributed by atoms with Crippen LogP contribution in [0.1, 0.15) is 64.9 Å². The van der Waals surface area contributed by atoms with Gasteiger partial charge in [0, 0.05) is 30.8 Å². The maximum Gasteiger partial charge on any atom is 0.415 e. The fourth-order valence-corrected chi connectivity index (χ4v) is 3.78. The Labute approximate surface area is 172 Å². The Bertz CT molecular complexity index is 766. The van der Waals surface area contributed by atoms with E-state index in [1.165, 1.54) is 0 Å². The second-order valence-corrected chi connectivity index (χ2v) is 9.20. The second kappa shape index (κ2) is 8.16. The van der Waals surface area contributed by atoms with Gasteiger partial charge in [0.05, 0.1) is 6.04 Å². The molecule has 1 aromatic rings. The molecule has 0 spiro atoms. The van der Waals surface area contributed by atoms with Crippen molar-refractivity contribution in [3.8, 4) is 0 Å². The summed E-state index contributed by atoms with van der Waals surface area (Å²) in [7, 11) is 0. The van der Waals surface area contributed by atoms with Crippen LogP contribution in [0.4, 0.5) is 15.4 Å². The van der Waals surface area contributed by atoms with Gasteiger partial charge in [0.1, 0.15) is 23.9 Å². The van der Waals surface area contributed by atoms with Crippen molar-refractivity contribution >= 4 is 18.0 Å². The van der Waals surface area contributed by atoms with Crippen molar-refractivity contribution in [3.05, 3.63) is 17.6 Å². The molecule has 1 aromatic heterocycles. The van der Waals surface area contributed by atoms with Crippen LogP contribution in [-0.2, 0) is 9.47 Å². The van der Waals surface area contributed by atoms with Gasteiger partial charge in [-0.05, 0) is 46.5 Å². The molecule has 2 amide bonds. The van der Waals surface area contributed by atoms with Gasteiger partial charge in [-0.25, -0.2) is 19.6 Å². The number of likely N-dealkylation sites (tertiary alicyclic amines) is 1. The molecule has 2 saturated heterocycles. The minimum atomic E-state index is -0.496. The highest BCUT2D eigenvalue weighted by atomic mass is 16.6. The quantitative estimate of drug-likeness (QED) is 0.760. The summed E-state index contributed by atoms with van der Waals surface area (Å²) < 4.78 is 10.7. The summed E-state index contributed by atoms with van der Waals surface area (Å²) in [6.07, 6.45) is 0.975. The molecule has 0 bridgehead atoms. The van der Waals surface area contributed by atoms with Gasteiger partial charge in [0.15, 0.2) is 0 Å². The molecule has 29 heavy (non-hydrogen) atoms. The van der Waals surface area contributed by atoms with Crippen LogP contribution in [0.5, 0.6) is 0 Å². The SMILES string of the molecule is Cc1nc(C2CCN(C(=O)OC(C)(C)C)CC2)cc(N2C(=O)OC[C@H]2C(C)C)n1. The maximum absolute atomic E-state index is 12.3. The van der Waals surface area contributed by atoms with Crippen LogP contribution in [0.25, 0.3) is 0 Å². The summed E-state index contributed by atoms with van der Waals surface area (Å²) in [5.41, 5.74) is 0.419. The molecule has 0 aromatic carbocycles. The number of rotatable bonds is 3. The lowest BCUT2D eigenvalue weighted by atomic mass is 9.93. The predicted molar refractivity (Wildman–Crippen MR) is 109 cm³/mol. The Kier molecular flexibility index (Phi) is 6.00. The standard InChI is InChI=1S/C21H32N4O4/c1-13(2)17-12-28-20(27)25(17)18-11-16(22-14(3)23-18)15-7-9-24(10-8-15)19(26)29-21(4,5)6/h11,13,15,17H,7-10,12H2,1-6H3/t17-/m0/s1. The summed E-state index contributed by atoms with van der Waals surface area (Å²) in [4.78, 5) is 37.1. The molecule has 3 rings (SSSR count). The van der Waals surface area contributed by atoms with Gasteiger partial charge >= 0.3 is 12.2 Å². The van der Waals surface area contributed by atoms with Crippen LogP contribution in [-0.4, -0.2) is 58.4 Å². The van der Waals surface area contributed by atoms with E-state index in [2.05, 4.69) is 23.8 Å². The minimum absolute atomic E-state index is 0.0290. The molecule has 2 fully saturated rings. The number of amides is 2. The van der Waals surface area contributed by atoms with Crippen LogP contribution >= 0.6 is 0 Å². The van der Waals surface area contributed by atoms with Crippen LogP contribution in [0, 0.1) is 12.8 Å². The minimum Gasteiger partial charge on any atom is -0.447 e. The van der Waals surface area contributed by atoms with E-state index in [9.17, 15) is 9.59 Å². The Balaban J connectivity index is 1.73. The Morgan fingerprint density at radius 2 is 1.90 bits per heavy atom. The molecule has 8 nitrogen and oxygen atoms in total. The first kappa shape index (κ1) is 21.3. The molecular formula is C21H32N4O4. The number of carbonyl (C=O) groups excluding carboxylic acids is 2. The van der Waals surface area contributed by atoms with Crippen molar-refractivity contribution in [3.63, 3.8) is 0 Å². The number of cyclic esters (lactones) is 1. The lowest BCUT2D eigenvalue weighted by Crippen LogP contribution is -2.41. The summed E-state index contributed by atoms with van der Waals surface area (Å²) in [5.74, 6) is 1.71. The van der Waals surface area contributed by atoms with Crippen molar-refractivity contribution in [1.29, 1.82) is 0 Å². The normalized spacial score (nSPS) is 20.9. The topological polar surface area (TPSA) is 84.9 Å². The Morgan fingerprint density at radius 1 is 1.24 bits per heavy atom. The number of anilines is 1. The first-order valence-electron chi connectivity index (χ1n) is 10.3. The van der Waals surface area contributed by atoms with E-state index in [0.29, 0.717) is 31.3 Å². The number of hydrogen-bond acceptors (Lipinski definition) is 6. The largest absolute Gasteiger partial charge is 0.447 e. The number of ether oxygens (including phenoxy) is 2. The fraction of sp³-hybridized carbons (Fsp3) is 0.714. The van der Waals surface area contributed by atoms with Gasteiger partial charge in [-0.3, -0.25) is 4.90 Å². The van der Waals surface area contributed by atoms with E-state index < -0.39 is 5.60 Å². The summed E-state index contributed by atoms with van der Waals surface area (Å²) in [6, 6.07) is 1.88. The summed E-state index contributed by atoms with van der Waals surface area (Å²) >= 11 is 0. The van der Waals surface area contributed by atoms with Crippen LogP contribution in [0.3, 0.4) is 0 Å². The Morgan fingerprint density at radius 3 is 2.48 bits per heavy atom. The molecule has 0 aliphatic carbocycles. The van der Waals surface area contributed by atoms with Gasteiger partial charge in [-0.2, -0.15) is 0 Å². The van der Waals surface area contributed by atoms with E-state index in [1.54, 1.807) is 9.80 Å². The lowest BCUT2D eigenvalue weighted by molar-refractivity contribution is 0.0204. The zero-order valence-electron chi connectivity index (χ0n) is 18.3. The molecular weight excluding hydrogens is 372 g/mol. The molecule has 1 atom stereocenters. The maximum atomic E-state index is 12.3. The monoisotopic (exact) mass is 404 g/mol. The van der Waals surface area contributed by atoms with Crippen LogP contribution in [0.2, 0.25) is 0 Å². The van der Waals surface area contributed by atoms with E-state index in [-0.39, 0.29) is 30.1 Å². The smallest absolute Gasteiger partial charge is 0.415 e. The molecule has 2 aliphatic heterocycles. The zero-order chi connectivity index (χ0) is 21.3. The van der Waals surface area contributed by atoms with E-state index >= 15 is 0 Å². The van der Waals surface area contributed by atoms with Crippen molar-refractivity contribution in [2.75, 3.05) is 24.6 Å². The highest BCUT2D eigenvalue weighted by Crippen LogP contribution is 2.32. The molecule has 160 valence electrons. The van der Waals surface area contributed by atoms with Gasteiger partial charge in [0.25, 0.3) is 0 Å². The van der Waals surface area contributed by atoms with Crippen molar-refractivity contribution in [2.45, 2.75) is 71.9 Å². The molecule has 0 unspecified atom stereocenters. The number of nitrogens with zero attached hydrogens (tertiary/aromatic N) is 4. The average molecular weight is 405 g/mol. The highest BCUT2D eigenvalue weighted by molar-refractivity contribution is 5.89. The number of piperidine rings is 1. The van der Waals surface area contributed by atoms with Gasteiger partial charge in [-0.15, -0.1) is 0 Å². The van der Waals surface area contributed by atoms with Crippen LogP contribution < -0.4 is 4.90 Å². The molecule has 0 N–H and O–H groups in total. The van der Waals surface area contributed by atoms with E-state index in [1.807, 2.05) is 33.8 Å². The van der Waals surface area contributed by atoms with Gasteiger partial charge in [-0.1, -0.05) is 13.8 Å². The molecule has 3 heterocycles. The number of carbonyl (C=O) groups is 2. The number of hydrogen-bond donors (Lipinski definition) is 0. The summed E-state index contributed by atoms with van der Waals surface area (Å²) in [5, 5.41) is 0. The molecule has 2 aliphatic rings. The third kappa shape index (κ3) is 4.97. The molecule has 0 saturated carbocycles. The van der Waals surface area contributed by atoms with Gasteiger partial charge < -0.3 is 14.4 Å². The molecule has 0 radical (unpaired) electrons. The van der Waals surface area contributed by atoms with Gasteiger partial charge in [0.2, 0.25) is 0 Å². The first-order chi connectivity index (χ1) is 13.5. The van der Waals surface area contributed by atoms with Crippen LogP contribution in [0.15, 0.2) is 6.07 Å². The van der Waals surface area contributed by atoms with Crippen molar-refractivity contribution < 1.29 is 19.1 Å². The lowest BCUT2D eigenvalue weighted by Gasteiger charge is -2.33. The third-order valence-corrected chi connectivity index (χ3v) is 5.33. The van der Waals surface area contributed by atoms with E-state index in [0.717, 1.165) is 18.5 Å². The highest BCUT2D eigenvalue weighted by Gasteiger charge is 2.38. The molecule has 8 heteroatoms. The Hall–Kier alpha value is -2.38. The average Bonchev–Trinajstić information content (AvgIpc) is 3.02. The summed E-state index contributed by atoms with van der Waals surface area (Å²) in [6.45, 7) is 13.2. The van der Waals surface area contributed by atoms with E-state index in [4.69, 9.17) is 9.47 Å². The van der Waals surface area contributed by atoms with Crippen molar-refractivity contribution in [2.24, 2.45) is 5.92 Å². The predicted octanol–water partition coefficient (Wildman–Crippen LogP) is 3.88. The zero-order valence-corrected chi connectivity index (χ0v) is 18.3. The first-order valence-corrected chi connectivity index (χ1v) is 10.3. The second-order valence-electron chi connectivity index (χ2n) is 9.20. The number of aromatic nitrogens is 2. The number of aryl methyl sites for hydroxylation is 1. The fourth-order valence-electron chi connectivity index (χ4n) is 3.78. The third-order valence-electron chi connectivity index (χ3n) is 5.33.